The van der Waals surface area contributed by atoms with E-state index in [1.54, 1.807) is 0 Å². The second-order valence-electron chi connectivity index (χ2n) is 11.5. The van der Waals surface area contributed by atoms with Crippen LogP contribution in [0.15, 0.2) is 78.0 Å². The van der Waals surface area contributed by atoms with Crippen molar-refractivity contribution in [2.45, 2.75) is 17.5 Å². The molecule has 1 amide bonds. The molecule has 46 heavy (non-hydrogen) atoms. The Bertz CT molecular complexity index is 1710. The Morgan fingerprint density at radius 3 is 2.37 bits per heavy atom. The molecule has 238 valence electrons. The lowest BCUT2D eigenvalue weighted by Gasteiger charge is -2.37. The molecule has 0 saturated carbocycles. The molecule has 0 bridgehead atoms. The second-order valence-corrected chi connectivity index (χ2v) is 13.2. The van der Waals surface area contributed by atoms with Gasteiger partial charge in [0.1, 0.15) is 11.0 Å². The van der Waals surface area contributed by atoms with Crippen LogP contribution in [0, 0.1) is 0 Å². The minimum Gasteiger partial charge on any atom is -0.454 e. The molecular formula is C34H34Cl2N6O3S. The highest BCUT2D eigenvalue weighted by molar-refractivity contribution is 7.98. The van der Waals surface area contributed by atoms with Gasteiger partial charge in [0, 0.05) is 76.3 Å². The molecule has 4 heterocycles. The van der Waals surface area contributed by atoms with Gasteiger partial charge in [-0.1, -0.05) is 65.3 Å². The molecule has 2 saturated heterocycles. The highest BCUT2D eigenvalue weighted by Crippen LogP contribution is 2.33. The highest BCUT2D eigenvalue weighted by Gasteiger charge is 2.24. The van der Waals surface area contributed by atoms with Crippen LogP contribution in [-0.4, -0.2) is 84.8 Å². The summed E-state index contributed by atoms with van der Waals surface area (Å²) >= 11 is 14.4. The molecule has 7 rings (SSSR count). The third-order valence-corrected chi connectivity index (χ3v) is 9.93. The van der Waals surface area contributed by atoms with Crippen LogP contribution in [0.3, 0.4) is 0 Å². The van der Waals surface area contributed by atoms with E-state index in [9.17, 15) is 4.79 Å². The molecule has 12 heteroatoms. The fourth-order valence-electron chi connectivity index (χ4n) is 6.03. The number of thioether (sulfide) groups is 1. The monoisotopic (exact) mass is 676 g/mol. The number of nitrogens with zero attached hydrogens (tertiary/aromatic N) is 6. The number of piperazine rings is 2. The number of fused-ring (bicyclic) bond motifs is 1. The van der Waals surface area contributed by atoms with E-state index >= 15 is 0 Å². The molecule has 1 aromatic heterocycles. The average Bonchev–Trinajstić information content (AvgIpc) is 3.56. The van der Waals surface area contributed by atoms with Crippen LogP contribution in [0.5, 0.6) is 11.5 Å². The number of carbonyl (C=O) groups is 1. The Balaban J connectivity index is 0.921. The average molecular weight is 678 g/mol. The summed E-state index contributed by atoms with van der Waals surface area (Å²) in [7, 11) is 0. The number of para-hydroxylation sites is 1. The maximum Gasteiger partial charge on any atom is 0.253 e. The molecular weight excluding hydrogens is 643 g/mol. The smallest absolute Gasteiger partial charge is 0.253 e. The number of hydrogen-bond donors (Lipinski definition) is 0. The summed E-state index contributed by atoms with van der Waals surface area (Å²) in [5, 5.41) is 1.80. The number of aromatic nitrogens is 2. The zero-order valence-electron chi connectivity index (χ0n) is 25.3. The minimum absolute atomic E-state index is 0.0619. The number of benzene rings is 3. The van der Waals surface area contributed by atoms with Gasteiger partial charge in [-0.15, -0.1) is 0 Å². The Hall–Kier alpha value is -3.70. The van der Waals surface area contributed by atoms with Gasteiger partial charge in [0.15, 0.2) is 16.7 Å². The van der Waals surface area contributed by atoms with E-state index in [0.717, 1.165) is 79.4 Å². The van der Waals surface area contributed by atoms with E-state index in [2.05, 4.69) is 31.8 Å². The number of anilines is 2. The van der Waals surface area contributed by atoms with Gasteiger partial charge in [0.2, 0.25) is 6.79 Å². The molecule has 0 aliphatic carbocycles. The lowest BCUT2D eigenvalue weighted by Crippen LogP contribution is -2.48. The van der Waals surface area contributed by atoms with Crippen molar-refractivity contribution in [3.05, 3.63) is 99.7 Å². The third kappa shape index (κ3) is 7.15. The number of rotatable bonds is 8. The van der Waals surface area contributed by atoms with E-state index in [4.69, 9.17) is 37.7 Å². The normalized spacial score (nSPS) is 16.6. The van der Waals surface area contributed by atoms with Crippen LogP contribution in [0.4, 0.5) is 11.5 Å². The van der Waals surface area contributed by atoms with Crippen molar-refractivity contribution in [3.8, 4) is 11.5 Å². The van der Waals surface area contributed by atoms with Gasteiger partial charge >= 0.3 is 0 Å². The van der Waals surface area contributed by atoms with Crippen LogP contribution in [0.1, 0.15) is 21.5 Å². The maximum absolute atomic E-state index is 13.4. The fourth-order valence-corrected chi connectivity index (χ4v) is 7.31. The molecule has 3 aliphatic heterocycles. The Labute approximate surface area is 283 Å². The van der Waals surface area contributed by atoms with Gasteiger partial charge in [0.05, 0.1) is 10.7 Å². The zero-order chi connectivity index (χ0) is 31.5. The van der Waals surface area contributed by atoms with Crippen molar-refractivity contribution in [2.24, 2.45) is 0 Å². The summed E-state index contributed by atoms with van der Waals surface area (Å²) in [5.41, 5.74) is 3.98. The molecule has 0 spiro atoms. The summed E-state index contributed by atoms with van der Waals surface area (Å²) < 4.78 is 10.9. The molecule has 9 nitrogen and oxygen atoms in total. The number of amides is 1. The molecule has 3 aliphatic rings. The first-order chi connectivity index (χ1) is 22.5. The minimum atomic E-state index is 0.0619. The number of hydrogen-bond acceptors (Lipinski definition) is 9. The number of ether oxygens (including phenoxy) is 2. The fraction of sp³-hybridized carbons (Fsp3) is 0.324. The van der Waals surface area contributed by atoms with Crippen molar-refractivity contribution >= 4 is 52.4 Å². The van der Waals surface area contributed by atoms with Crippen LogP contribution >= 0.6 is 35.0 Å². The van der Waals surface area contributed by atoms with Crippen molar-refractivity contribution in [3.63, 3.8) is 0 Å². The Morgan fingerprint density at radius 2 is 1.54 bits per heavy atom. The number of carbonyl (C=O) groups excluding carboxylic acids is 1. The van der Waals surface area contributed by atoms with Gasteiger partial charge in [-0.2, -0.15) is 0 Å². The Morgan fingerprint density at radius 1 is 0.761 bits per heavy atom. The zero-order valence-corrected chi connectivity index (χ0v) is 27.6. The second kappa shape index (κ2) is 14.0. The van der Waals surface area contributed by atoms with Crippen molar-refractivity contribution in [2.75, 3.05) is 69.0 Å². The predicted molar refractivity (Wildman–Crippen MR) is 183 cm³/mol. The molecule has 0 N–H and O–H groups in total. The summed E-state index contributed by atoms with van der Waals surface area (Å²) in [6.07, 6.45) is 0. The van der Waals surface area contributed by atoms with Crippen molar-refractivity contribution in [1.82, 2.24) is 19.8 Å². The maximum atomic E-state index is 13.4. The van der Waals surface area contributed by atoms with Crippen LogP contribution in [-0.2, 0) is 12.3 Å². The molecule has 2 fully saturated rings. The van der Waals surface area contributed by atoms with Crippen LogP contribution < -0.4 is 19.3 Å². The van der Waals surface area contributed by atoms with Crippen molar-refractivity contribution < 1.29 is 14.3 Å². The first-order valence-electron chi connectivity index (χ1n) is 15.4. The molecule has 0 unspecified atom stereocenters. The lowest BCUT2D eigenvalue weighted by molar-refractivity contribution is 0.0628. The summed E-state index contributed by atoms with van der Waals surface area (Å²) in [6.45, 7) is 7.39. The molecule has 3 aromatic carbocycles. The molecule has 0 radical (unpaired) electrons. The van der Waals surface area contributed by atoms with E-state index < -0.39 is 0 Å². The highest BCUT2D eigenvalue weighted by atomic mass is 35.5. The standard InChI is InChI=1S/C34H34Cl2N6O3S/c35-27-6-1-2-7-28(27)40-14-16-41(17-15-40)32-20-31(36)37-34(38-32)46-22-25-4-3-5-26(18-25)33(43)42-12-10-39(11-13-42)21-24-8-9-29-30(19-24)45-23-44-29/h1-9,18-20H,10-17,21-23H2. The van der Waals surface area contributed by atoms with Gasteiger partial charge in [-0.25, -0.2) is 9.97 Å². The van der Waals surface area contributed by atoms with Gasteiger partial charge in [0.25, 0.3) is 5.91 Å². The number of halogens is 2. The van der Waals surface area contributed by atoms with Crippen LogP contribution in [0.2, 0.25) is 10.2 Å². The summed E-state index contributed by atoms with van der Waals surface area (Å²) in [6, 6.07) is 23.7. The lowest BCUT2D eigenvalue weighted by atomic mass is 10.1. The SMILES string of the molecule is O=C(c1cccc(CSc2nc(Cl)cc(N3CCN(c4ccccc4Cl)CC3)n2)c1)N1CCN(Cc2ccc3c(c2)OCO3)CC1. The largest absolute Gasteiger partial charge is 0.454 e. The van der Waals surface area contributed by atoms with Gasteiger partial charge in [-0.05, 0) is 47.5 Å². The van der Waals surface area contributed by atoms with Gasteiger partial charge < -0.3 is 24.2 Å². The van der Waals surface area contributed by atoms with E-state index in [-0.39, 0.29) is 12.7 Å². The molecule has 0 atom stereocenters. The van der Waals surface area contributed by atoms with E-state index in [0.29, 0.717) is 34.7 Å². The topological polar surface area (TPSA) is 74.3 Å². The first-order valence-corrected chi connectivity index (χ1v) is 17.1. The van der Waals surface area contributed by atoms with Crippen LogP contribution in [0.25, 0.3) is 0 Å². The third-order valence-electron chi connectivity index (χ3n) is 8.50. The van der Waals surface area contributed by atoms with Gasteiger partial charge in [-0.3, -0.25) is 9.69 Å². The molecule has 4 aromatic rings. The van der Waals surface area contributed by atoms with E-state index in [1.807, 2.05) is 65.6 Å². The summed E-state index contributed by atoms with van der Waals surface area (Å²) in [4.78, 5) is 31.6. The van der Waals surface area contributed by atoms with Crippen molar-refractivity contribution in [1.29, 1.82) is 0 Å². The summed E-state index contributed by atoms with van der Waals surface area (Å²) in [5.74, 6) is 3.11. The van der Waals surface area contributed by atoms with E-state index in [1.165, 1.54) is 17.3 Å². The predicted octanol–water partition coefficient (Wildman–Crippen LogP) is 6.09. The Kier molecular flexibility index (Phi) is 9.39. The quantitative estimate of drug-likeness (QED) is 0.125. The first kappa shape index (κ1) is 30.9.